The summed E-state index contributed by atoms with van der Waals surface area (Å²) in [6, 6.07) is 7.56. The van der Waals surface area contributed by atoms with Crippen LogP contribution >= 0.6 is 0 Å². The van der Waals surface area contributed by atoms with Gasteiger partial charge in [0, 0.05) is 19.6 Å². The second-order valence-corrected chi connectivity index (χ2v) is 5.17. The van der Waals surface area contributed by atoms with Gasteiger partial charge in [0.2, 0.25) is 0 Å². The van der Waals surface area contributed by atoms with Crippen molar-refractivity contribution in [3.05, 3.63) is 29.8 Å². The lowest BCUT2D eigenvalue weighted by atomic mass is 10.2. The highest BCUT2D eigenvalue weighted by molar-refractivity contribution is 5.26. The second-order valence-electron chi connectivity index (χ2n) is 5.17. The Morgan fingerprint density at radius 1 is 1.21 bits per heavy atom. The molecule has 0 radical (unpaired) electrons. The third-order valence-corrected chi connectivity index (χ3v) is 3.28. The SMILES string of the molecule is CC1CN(CCOc2ccc(CO)cc2)CC(C)O1. The Morgan fingerprint density at radius 2 is 1.84 bits per heavy atom. The van der Waals surface area contributed by atoms with E-state index >= 15 is 0 Å². The lowest BCUT2D eigenvalue weighted by Crippen LogP contribution is -2.46. The van der Waals surface area contributed by atoms with Gasteiger partial charge in [-0.25, -0.2) is 0 Å². The number of aliphatic hydroxyl groups excluding tert-OH is 1. The van der Waals surface area contributed by atoms with Crippen LogP contribution in [0.15, 0.2) is 24.3 Å². The van der Waals surface area contributed by atoms with Gasteiger partial charge in [0.15, 0.2) is 0 Å². The molecule has 4 heteroatoms. The van der Waals surface area contributed by atoms with E-state index in [-0.39, 0.29) is 6.61 Å². The molecule has 1 heterocycles. The number of hydrogen-bond donors (Lipinski definition) is 1. The largest absolute Gasteiger partial charge is 0.492 e. The number of rotatable bonds is 5. The summed E-state index contributed by atoms with van der Waals surface area (Å²) < 4.78 is 11.4. The van der Waals surface area contributed by atoms with Crippen LogP contribution in [0.5, 0.6) is 5.75 Å². The van der Waals surface area contributed by atoms with Crippen LogP contribution in [0.2, 0.25) is 0 Å². The molecule has 19 heavy (non-hydrogen) atoms. The minimum absolute atomic E-state index is 0.0732. The Bertz CT molecular complexity index is 369. The average molecular weight is 265 g/mol. The zero-order valence-corrected chi connectivity index (χ0v) is 11.7. The van der Waals surface area contributed by atoms with Crippen molar-refractivity contribution in [3.63, 3.8) is 0 Å². The highest BCUT2D eigenvalue weighted by Crippen LogP contribution is 2.13. The molecule has 2 rings (SSSR count). The third kappa shape index (κ3) is 4.49. The Hall–Kier alpha value is -1.10. The Labute approximate surface area is 114 Å². The van der Waals surface area contributed by atoms with E-state index in [1.807, 2.05) is 24.3 Å². The van der Waals surface area contributed by atoms with Crippen molar-refractivity contribution < 1.29 is 14.6 Å². The topological polar surface area (TPSA) is 41.9 Å². The molecule has 0 aromatic heterocycles. The molecule has 4 nitrogen and oxygen atoms in total. The van der Waals surface area contributed by atoms with Crippen LogP contribution in [0, 0.1) is 0 Å². The minimum atomic E-state index is 0.0732. The average Bonchev–Trinajstić information content (AvgIpc) is 2.38. The van der Waals surface area contributed by atoms with Crippen molar-refractivity contribution >= 4 is 0 Å². The fourth-order valence-electron chi connectivity index (χ4n) is 2.45. The van der Waals surface area contributed by atoms with Crippen molar-refractivity contribution in [1.82, 2.24) is 4.90 Å². The molecule has 0 bridgehead atoms. The Kier molecular flexibility index (Phi) is 5.19. The second kappa shape index (κ2) is 6.89. The predicted molar refractivity (Wildman–Crippen MR) is 74.3 cm³/mol. The van der Waals surface area contributed by atoms with Gasteiger partial charge in [-0.1, -0.05) is 12.1 Å². The third-order valence-electron chi connectivity index (χ3n) is 3.28. The highest BCUT2D eigenvalue weighted by atomic mass is 16.5. The summed E-state index contributed by atoms with van der Waals surface area (Å²) in [6.45, 7) is 7.82. The lowest BCUT2D eigenvalue weighted by Gasteiger charge is -2.35. The molecule has 2 atom stereocenters. The van der Waals surface area contributed by atoms with Crippen LogP contribution in [0.1, 0.15) is 19.4 Å². The van der Waals surface area contributed by atoms with Gasteiger partial charge in [-0.2, -0.15) is 0 Å². The molecule has 1 fully saturated rings. The van der Waals surface area contributed by atoms with Crippen LogP contribution in [-0.2, 0) is 11.3 Å². The van der Waals surface area contributed by atoms with E-state index in [2.05, 4.69) is 18.7 Å². The summed E-state index contributed by atoms with van der Waals surface area (Å²) >= 11 is 0. The van der Waals surface area contributed by atoms with Gasteiger partial charge < -0.3 is 14.6 Å². The summed E-state index contributed by atoms with van der Waals surface area (Å²) in [4.78, 5) is 2.38. The minimum Gasteiger partial charge on any atom is -0.492 e. The molecule has 1 saturated heterocycles. The van der Waals surface area contributed by atoms with Crippen LogP contribution in [0.25, 0.3) is 0 Å². The first kappa shape index (κ1) is 14.3. The van der Waals surface area contributed by atoms with E-state index < -0.39 is 0 Å². The molecule has 1 aliphatic rings. The molecule has 0 aliphatic carbocycles. The number of benzene rings is 1. The van der Waals surface area contributed by atoms with Crippen molar-refractivity contribution in [2.45, 2.75) is 32.7 Å². The van der Waals surface area contributed by atoms with Gasteiger partial charge in [-0.05, 0) is 31.5 Å². The van der Waals surface area contributed by atoms with Crippen LogP contribution < -0.4 is 4.74 Å². The van der Waals surface area contributed by atoms with Gasteiger partial charge in [-0.3, -0.25) is 4.90 Å². The van der Waals surface area contributed by atoms with Crippen LogP contribution in [-0.4, -0.2) is 48.5 Å². The zero-order valence-electron chi connectivity index (χ0n) is 11.7. The Balaban J connectivity index is 1.73. The van der Waals surface area contributed by atoms with E-state index in [1.165, 1.54) is 0 Å². The summed E-state index contributed by atoms with van der Waals surface area (Å²) in [7, 11) is 0. The maximum absolute atomic E-state index is 8.97. The maximum Gasteiger partial charge on any atom is 0.119 e. The van der Waals surface area contributed by atoms with Crippen molar-refractivity contribution in [1.29, 1.82) is 0 Å². The molecule has 1 aliphatic heterocycles. The van der Waals surface area contributed by atoms with E-state index in [4.69, 9.17) is 14.6 Å². The molecule has 1 aromatic carbocycles. The van der Waals surface area contributed by atoms with Crippen molar-refractivity contribution in [3.8, 4) is 5.75 Å². The number of nitrogens with zero attached hydrogens (tertiary/aromatic N) is 1. The van der Waals surface area contributed by atoms with Gasteiger partial charge in [0.05, 0.1) is 18.8 Å². The summed E-state index contributed by atoms with van der Waals surface area (Å²) in [5, 5.41) is 8.97. The van der Waals surface area contributed by atoms with Gasteiger partial charge >= 0.3 is 0 Å². The standard InChI is InChI=1S/C15H23NO3/c1-12-9-16(10-13(2)19-12)7-8-18-15-5-3-14(11-17)4-6-15/h3-6,12-13,17H,7-11H2,1-2H3. The van der Waals surface area contributed by atoms with Crippen molar-refractivity contribution in [2.75, 3.05) is 26.2 Å². The van der Waals surface area contributed by atoms with Gasteiger partial charge in [0.1, 0.15) is 12.4 Å². The first-order chi connectivity index (χ1) is 9.17. The number of aliphatic hydroxyl groups is 1. The quantitative estimate of drug-likeness (QED) is 0.879. The predicted octanol–water partition coefficient (Wildman–Crippen LogP) is 1.67. The summed E-state index contributed by atoms with van der Waals surface area (Å²) in [5.74, 6) is 0.853. The van der Waals surface area contributed by atoms with Crippen LogP contribution in [0.3, 0.4) is 0 Å². The van der Waals surface area contributed by atoms with Gasteiger partial charge in [-0.15, -0.1) is 0 Å². The number of hydrogen-bond acceptors (Lipinski definition) is 4. The highest BCUT2D eigenvalue weighted by Gasteiger charge is 2.21. The molecule has 106 valence electrons. The maximum atomic E-state index is 8.97. The fraction of sp³-hybridized carbons (Fsp3) is 0.600. The van der Waals surface area contributed by atoms with Crippen LogP contribution in [0.4, 0.5) is 0 Å². The summed E-state index contributed by atoms with van der Waals surface area (Å²) in [6.07, 6.45) is 0.597. The smallest absolute Gasteiger partial charge is 0.119 e. The van der Waals surface area contributed by atoms with Crippen molar-refractivity contribution in [2.24, 2.45) is 0 Å². The molecule has 1 aromatic rings. The Morgan fingerprint density at radius 3 is 2.42 bits per heavy atom. The number of morpholine rings is 1. The lowest BCUT2D eigenvalue weighted by molar-refractivity contribution is -0.0699. The number of ether oxygens (including phenoxy) is 2. The zero-order chi connectivity index (χ0) is 13.7. The normalized spacial score (nSPS) is 24.4. The summed E-state index contributed by atoms with van der Waals surface area (Å²) in [5.41, 5.74) is 0.906. The molecule has 2 unspecified atom stereocenters. The van der Waals surface area contributed by atoms with Gasteiger partial charge in [0.25, 0.3) is 0 Å². The molecule has 0 spiro atoms. The molecular weight excluding hydrogens is 242 g/mol. The monoisotopic (exact) mass is 265 g/mol. The molecule has 0 saturated carbocycles. The van der Waals surface area contributed by atoms with E-state index in [9.17, 15) is 0 Å². The fourth-order valence-corrected chi connectivity index (χ4v) is 2.45. The molecule has 1 N–H and O–H groups in total. The van der Waals surface area contributed by atoms with E-state index in [1.54, 1.807) is 0 Å². The van der Waals surface area contributed by atoms with E-state index in [0.717, 1.165) is 30.9 Å². The molecular formula is C15H23NO3. The molecule has 0 amide bonds. The first-order valence-corrected chi connectivity index (χ1v) is 6.88. The first-order valence-electron chi connectivity index (χ1n) is 6.88. The van der Waals surface area contributed by atoms with E-state index in [0.29, 0.717) is 18.8 Å².